The van der Waals surface area contributed by atoms with Crippen LogP contribution in [0.15, 0.2) is 24.3 Å². The van der Waals surface area contributed by atoms with Crippen LogP contribution in [0.1, 0.15) is 59.8 Å². The van der Waals surface area contributed by atoms with E-state index in [0.717, 1.165) is 25.2 Å². The SMILES string of the molecule is CCOC(=O)[C@H]1[C@H]2C(=O)N(CCCCCO)C(C(=O)Nc3ccc(N(CC)CC)cc3)C23CC[C@]1(C)O3. The van der Waals surface area contributed by atoms with Gasteiger partial charge in [0.15, 0.2) is 0 Å². The van der Waals surface area contributed by atoms with E-state index in [-0.39, 0.29) is 25.0 Å². The topological polar surface area (TPSA) is 108 Å². The Hall–Kier alpha value is -2.65. The monoisotopic (exact) mass is 515 g/mol. The van der Waals surface area contributed by atoms with Crippen molar-refractivity contribution in [2.24, 2.45) is 11.8 Å². The minimum atomic E-state index is -1.06. The number of nitrogens with zero attached hydrogens (tertiary/aromatic N) is 2. The lowest BCUT2D eigenvalue weighted by Gasteiger charge is -2.33. The molecule has 4 rings (SSSR count). The number of fused-ring (bicyclic) bond motifs is 1. The second-order valence-electron chi connectivity index (χ2n) is 10.5. The number of carbonyl (C=O) groups is 3. The molecular formula is C28H41N3O6. The molecule has 37 heavy (non-hydrogen) atoms. The number of hydrogen-bond acceptors (Lipinski definition) is 7. The van der Waals surface area contributed by atoms with Crippen molar-refractivity contribution in [2.45, 2.75) is 77.0 Å². The van der Waals surface area contributed by atoms with Crippen molar-refractivity contribution in [3.05, 3.63) is 24.3 Å². The number of aliphatic hydroxyl groups is 1. The number of benzene rings is 1. The maximum absolute atomic E-state index is 13.9. The number of carbonyl (C=O) groups excluding carboxylic acids is 3. The average Bonchev–Trinajstić information content (AvgIpc) is 3.44. The van der Waals surface area contributed by atoms with Crippen LogP contribution >= 0.6 is 0 Å². The molecule has 2 unspecified atom stereocenters. The number of esters is 1. The normalized spacial score (nSPS) is 29.9. The highest BCUT2D eigenvalue weighted by molar-refractivity contribution is 6.03. The van der Waals surface area contributed by atoms with Gasteiger partial charge < -0.3 is 29.7 Å². The van der Waals surface area contributed by atoms with Crippen LogP contribution in [0, 0.1) is 11.8 Å². The summed E-state index contributed by atoms with van der Waals surface area (Å²) in [6.07, 6.45) is 3.13. The van der Waals surface area contributed by atoms with Crippen molar-refractivity contribution >= 4 is 29.2 Å². The number of nitrogens with one attached hydrogen (secondary N) is 1. The summed E-state index contributed by atoms with van der Waals surface area (Å²) in [5.41, 5.74) is -0.175. The van der Waals surface area contributed by atoms with Crippen LogP contribution in [0.25, 0.3) is 0 Å². The first-order chi connectivity index (χ1) is 17.8. The molecule has 5 atom stereocenters. The zero-order valence-corrected chi connectivity index (χ0v) is 22.5. The number of anilines is 2. The smallest absolute Gasteiger partial charge is 0.312 e. The van der Waals surface area contributed by atoms with Crippen molar-refractivity contribution in [1.29, 1.82) is 0 Å². The van der Waals surface area contributed by atoms with Crippen molar-refractivity contribution < 1.29 is 29.0 Å². The minimum absolute atomic E-state index is 0.0836. The quantitative estimate of drug-likeness (QED) is 0.325. The zero-order chi connectivity index (χ0) is 26.8. The number of unbranched alkanes of at least 4 members (excludes halogenated alkanes) is 2. The number of aliphatic hydroxyl groups excluding tert-OH is 1. The third-order valence-electron chi connectivity index (χ3n) is 8.39. The predicted molar refractivity (Wildman–Crippen MR) is 140 cm³/mol. The molecule has 0 saturated carbocycles. The molecule has 2 N–H and O–H groups in total. The van der Waals surface area contributed by atoms with Crippen molar-refractivity contribution in [3.63, 3.8) is 0 Å². The summed E-state index contributed by atoms with van der Waals surface area (Å²) in [4.78, 5) is 44.6. The van der Waals surface area contributed by atoms with Gasteiger partial charge >= 0.3 is 5.97 Å². The molecule has 3 aliphatic heterocycles. The molecule has 204 valence electrons. The third kappa shape index (κ3) is 4.72. The Bertz CT molecular complexity index is 996. The van der Waals surface area contributed by atoms with Crippen molar-refractivity contribution in [2.75, 3.05) is 43.1 Å². The van der Waals surface area contributed by atoms with E-state index in [9.17, 15) is 19.5 Å². The minimum Gasteiger partial charge on any atom is -0.466 e. The second kappa shape index (κ2) is 11.0. The van der Waals surface area contributed by atoms with E-state index in [1.807, 2.05) is 31.2 Å². The maximum atomic E-state index is 13.9. The highest BCUT2D eigenvalue weighted by Crippen LogP contribution is 2.63. The molecule has 3 aliphatic rings. The lowest BCUT2D eigenvalue weighted by atomic mass is 9.66. The van der Waals surface area contributed by atoms with Gasteiger partial charge in [0.2, 0.25) is 11.8 Å². The summed E-state index contributed by atoms with van der Waals surface area (Å²) in [6, 6.07) is 6.86. The van der Waals surface area contributed by atoms with Gasteiger partial charge in [0, 0.05) is 37.6 Å². The molecule has 0 aliphatic carbocycles. The van der Waals surface area contributed by atoms with Gasteiger partial charge in [0.05, 0.1) is 18.1 Å². The van der Waals surface area contributed by atoms with Gasteiger partial charge in [0.25, 0.3) is 0 Å². The molecular weight excluding hydrogens is 474 g/mol. The predicted octanol–water partition coefficient (Wildman–Crippen LogP) is 2.96. The molecule has 3 fully saturated rings. The average molecular weight is 516 g/mol. The van der Waals surface area contributed by atoms with E-state index in [1.54, 1.807) is 11.8 Å². The fourth-order valence-corrected chi connectivity index (χ4v) is 6.68. The lowest BCUT2D eigenvalue weighted by molar-refractivity contribution is -0.158. The van der Waals surface area contributed by atoms with Gasteiger partial charge in [0.1, 0.15) is 17.6 Å². The molecule has 3 saturated heterocycles. The van der Waals surface area contributed by atoms with Crippen LogP contribution in [-0.2, 0) is 23.9 Å². The molecule has 2 amide bonds. The fraction of sp³-hybridized carbons (Fsp3) is 0.679. The van der Waals surface area contributed by atoms with E-state index < -0.39 is 35.0 Å². The van der Waals surface area contributed by atoms with Crippen LogP contribution in [-0.4, -0.2) is 77.9 Å². The number of hydrogen-bond donors (Lipinski definition) is 2. The first kappa shape index (κ1) is 27.4. The molecule has 2 bridgehead atoms. The van der Waals surface area contributed by atoms with Crippen LogP contribution < -0.4 is 10.2 Å². The van der Waals surface area contributed by atoms with E-state index in [1.165, 1.54) is 0 Å². The van der Waals surface area contributed by atoms with Crippen LogP contribution in [0.5, 0.6) is 0 Å². The summed E-state index contributed by atoms with van der Waals surface area (Å²) in [6.45, 7) is 10.3. The largest absolute Gasteiger partial charge is 0.466 e. The standard InChI is InChI=1S/C28H41N3O6/c1-5-30(6-2)20-13-11-19(12-14-20)29-24(33)23-28-16-15-27(4,37-28)22(26(35)36-7-3)21(28)25(34)31(23)17-9-8-10-18-32/h11-14,21-23,32H,5-10,15-18H2,1-4H3,(H,29,33)/t21-,22+,23?,27-,28?/m0/s1. The Balaban J connectivity index is 1.62. The Morgan fingerprint density at radius 2 is 1.84 bits per heavy atom. The Kier molecular flexibility index (Phi) is 8.14. The van der Waals surface area contributed by atoms with Gasteiger partial charge in [-0.05, 0) is 84.1 Å². The molecule has 1 aromatic carbocycles. The van der Waals surface area contributed by atoms with Crippen LogP contribution in [0.4, 0.5) is 11.4 Å². The molecule has 1 spiro atoms. The summed E-state index contributed by atoms with van der Waals surface area (Å²) < 4.78 is 11.9. The number of likely N-dealkylation sites (tertiary alicyclic amines) is 1. The maximum Gasteiger partial charge on any atom is 0.312 e. The third-order valence-corrected chi connectivity index (χ3v) is 8.39. The summed E-state index contributed by atoms with van der Waals surface area (Å²) in [7, 11) is 0. The fourth-order valence-electron chi connectivity index (χ4n) is 6.68. The van der Waals surface area contributed by atoms with Gasteiger partial charge in [-0.3, -0.25) is 14.4 Å². The van der Waals surface area contributed by atoms with Gasteiger partial charge in [-0.25, -0.2) is 0 Å². The summed E-state index contributed by atoms with van der Waals surface area (Å²) in [5, 5.41) is 12.2. The Morgan fingerprint density at radius 3 is 2.46 bits per heavy atom. The highest BCUT2D eigenvalue weighted by atomic mass is 16.6. The van der Waals surface area contributed by atoms with Crippen molar-refractivity contribution in [1.82, 2.24) is 4.90 Å². The Labute approximate surface area is 219 Å². The molecule has 1 aromatic rings. The van der Waals surface area contributed by atoms with E-state index >= 15 is 0 Å². The zero-order valence-electron chi connectivity index (χ0n) is 22.5. The number of rotatable bonds is 12. The first-order valence-electron chi connectivity index (χ1n) is 13.7. The lowest BCUT2D eigenvalue weighted by Crippen LogP contribution is -2.53. The molecule has 3 heterocycles. The molecule has 0 aromatic heterocycles. The van der Waals surface area contributed by atoms with Crippen LogP contribution in [0.2, 0.25) is 0 Å². The van der Waals surface area contributed by atoms with E-state index in [4.69, 9.17) is 9.47 Å². The molecule has 9 heteroatoms. The number of amides is 2. The van der Waals surface area contributed by atoms with Gasteiger partial charge in [-0.2, -0.15) is 0 Å². The number of ether oxygens (including phenoxy) is 2. The van der Waals surface area contributed by atoms with Gasteiger partial charge in [-0.15, -0.1) is 0 Å². The second-order valence-corrected chi connectivity index (χ2v) is 10.5. The van der Waals surface area contributed by atoms with E-state index in [2.05, 4.69) is 24.1 Å². The summed E-state index contributed by atoms with van der Waals surface area (Å²) in [5.74, 6) is -2.44. The van der Waals surface area contributed by atoms with Crippen LogP contribution in [0.3, 0.4) is 0 Å². The van der Waals surface area contributed by atoms with Gasteiger partial charge in [-0.1, -0.05) is 0 Å². The Morgan fingerprint density at radius 1 is 1.14 bits per heavy atom. The van der Waals surface area contributed by atoms with E-state index in [0.29, 0.717) is 37.9 Å². The molecule has 0 radical (unpaired) electrons. The first-order valence-corrected chi connectivity index (χ1v) is 13.7. The molecule has 9 nitrogen and oxygen atoms in total. The van der Waals surface area contributed by atoms with Crippen molar-refractivity contribution in [3.8, 4) is 0 Å². The summed E-state index contributed by atoms with van der Waals surface area (Å²) >= 11 is 0. The highest BCUT2D eigenvalue weighted by Gasteiger charge is 2.78.